The molecule has 1 amide bonds. The number of carbonyl (C=O) groups excluding carboxylic acids is 1. The van der Waals surface area contributed by atoms with Crippen molar-refractivity contribution in [3.8, 4) is 0 Å². The summed E-state index contributed by atoms with van der Waals surface area (Å²) in [4.78, 5) is 20.4. The zero-order valence-corrected chi connectivity index (χ0v) is 14.7. The normalized spacial score (nSPS) is 14.2. The van der Waals surface area contributed by atoms with E-state index in [9.17, 15) is 4.79 Å². The first-order chi connectivity index (χ1) is 12.6. The zero-order valence-electron chi connectivity index (χ0n) is 14.7. The Labute approximate surface area is 150 Å². The molecule has 0 aliphatic heterocycles. The van der Waals surface area contributed by atoms with Gasteiger partial charge in [-0.1, -0.05) is 6.07 Å². The van der Waals surface area contributed by atoms with Gasteiger partial charge in [-0.2, -0.15) is 0 Å². The Hall–Kier alpha value is -3.08. The van der Waals surface area contributed by atoms with Crippen molar-refractivity contribution in [2.75, 3.05) is 5.32 Å². The monoisotopic (exact) mass is 345 g/mol. The molecule has 2 aromatic heterocycles. The fourth-order valence-corrected chi connectivity index (χ4v) is 3.45. The van der Waals surface area contributed by atoms with E-state index >= 15 is 0 Å². The lowest BCUT2D eigenvalue weighted by molar-refractivity contribution is 0.102. The standard InChI is InChI=1S/C21H19N3O2/c1-11-7-12(2)15-10-18(23-16(15)8-11)20(25)22-14-5-6-19-17(9-14)24-21(26-19)13-3-4-13/h5-10,13,23H,3-4H2,1-2H3,(H,22,25). The number of anilines is 1. The minimum absolute atomic E-state index is 0.163. The molecule has 5 nitrogen and oxygen atoms in total. The maximum Gasteiger partial charge on any atom is 0.272 e. The molecule has 1 aliphatic rings. The maximum absolute atomic E-state index is 12.7. The van der Waals surface area contributed by atoms with Gasteiger partial charge < -0.3 is 14.7 Å². The highest BCUT2D eigenvalue weighted by Gasteiger charge is 2.28. The van der Waals surface area contributed by atoms with Crippen LogP contribution >= 0.6 is 0 Å². The molecule has 5 heteroatoms. The lowest BCUT2D eigenvalue weighted by atomic mass is 10.1. The van der Waals surface area contributed by atoms with Crippen LogP contribution < -0.4 is 5.32 Å². The van der Waals surface area contributed by atoms with Crippen LogP contribution in [0.25, 0.3) is 22.0 Å². The Balaban J connectivity index is 1.44. The van der Waals surface area contributed by atoms with Crippen LogP contribution in [0.3, 0.4) is 0 Å². The summed E-state index contributed by atoms with van der Waals surface area (Å²) in [6, 6.07) is 11.6. The van der Waals surface area contributed by atoms with Gasteiger partial charge in [0.1, 0.15) is 11.2 Å². The number of hydrogen-bond acceptors (Lipinski definition) is 3. The number of hydrogen-bond donors (Lipinski definition) is 2. The van der Waals surface area contributed by atoms with E-state index in [1.807, 2.05) is 24.3 Å². The van der Waals surface area contributed by atoms with E-state index < -0.39 is 0 Å². The molecule has 0 spiro atoms. The van der Waals surface area contributed by atoms with Gasteiger partial charge in [0.05, 0.1) is 0 Å². The van der Waals surface area contributed by atoms with E-state index in [1.165, 1.54) is 5.56 Å². The molecule has 1 saturated carbocycles. The minimum atomic E-state index is -0.163. The number of rotatable bonds is 3. The fraction of sp³-hybridized carbons (Fsp3) is 0.238. The predicted molar refractivity (Wildman–Crippen MR) is 102 cm³/mol. The van der Waals surface area contributed by atoms with Gasteiger partial charge in [0.25, 0.3) is 5.91 Å². The number of aryl methyl sites for hydroxylation is 2. The largest absolute Gasteiger partial charge is 0.440 e. The molecular formula is C21H19N3O2. The summed E-state index contributed by atoms with van der Waals surface area (Å²) in [5, 5.41) is 4.02. The summed E-state index contributed by atoms with van der Waals surface area (Å²) in [6.07, 6.45) is 2.30. The number of H-pyrrole nitrogens is 1. The number of oxazole rings is 1. The van der Waals surface area contributed by atoms with Crippen LogP contribution in [0.2, 0.25) is 0 Å². The molecule has 26 heavy (non-hydrogen) atoms. The second kappa shape index (κ2) is 5.46. The van der Waals surface area contributed by atoms with Crippen LogP contribution in [0.5, 0.6) is 0 Å². The van der Waals surface area contributed by atoms with E-state index in [2.05, 4.69) is 41.3 Å². The number of fused-ring (bicyclic) bond motifs is 2. The van der Waals surface area contributed by atoms with Gasteiger partial charge in [-0.25, -0.2) is 4.98 Å². The van der Waals surface area contributed by atoms with Gasteiger partial charge in [-0.3, -0.25) is 4.79 Å². The molecule has 0 unspecified atom stereocenters. The fourth-order valence-electron chi connectivity index (χ4n) is 3.45. The van der Waals surface area contributed by atoms with Gasteiger partial charge in [-0.15, -0.1) is 0 Å². The third-order valence-electron chi connectivity index (χ3n) is 4.92. The second-order valence-corrected chi connectivity index (χ2v) is 7.19. The van der Waals surface area contributed by atoms with Crippen molar-refractivity contribution in [3.63, 3.8) is 0 Å². The topological polar surface area (TPSA) is 70.9 Å². The van der Waals surface area contributed by atoms with Crippen LogP contribution in [-0.2, 0) is 0 Å². The average Bonchev–Trinajstić information content (AvgIpc) is 3.21. The van der Waals surface area contributed by atoms with Crippen LogP contribution in [0.1, 0.15) is 46.3 Å². The van der Waals surface area contributed by atoms with Crippen molar-refractivity contribution in [3.05, 3.63) is 59.1 Å². The molecule has 2 N–H and O–H groups in total. The van der Waals surface area contributed by atoms with Gasteiger partial charge in [0.2, 0.25) is 0 Å². The lowest BCUT2D eigenvalue weighted by Gasteiger charge is -2.03. The Morgan fingerprint density at radius 1 is 1.19 bits per heavy atom. The highest BCUT2D eigenvalue weighted by Crippen LogP contribution is 2.40. The van der Waals surface area contributed by atoms with Crippen LogP contribution in [0.4, 0.5) is 5.69 Å². The molecule has 0 saturated heterocycles. The highest BCUT2D eigenvalue weighted by molar-refractivity contribution is 6.06. The van der Waals surface area contributed by atoms with E-state index in [0.717, 1.165) is 46.3 Å². The Kier molecular flexibility index (Phi) is 3.19. The van der Waals surface area contributed by atoms with Gasteiger partial charge in [-0.05, 0) is 68.1 Å². The van der Waals surface area contributed by atoms with Crippen LogP contribution in [0.15, 0.2) is 40.8 Å². The van der Waals surface area contributed by atoms with Crippen molar-refractivity contribution >= 4 is 33.6 Å². The van der Waals surface area contributed by atoms with Gasteiger partial charge in [0, 0.05) is 22.5 Å². The summed E-state index contributed by atoms with van der Waals surface area (Å²) in [5.74, 6) is 1.12. The number of nitrogens with one attached hydrogen (secondary N) is 2. The quantitative estimate of drug-likeness (QED) is 0.545. The molecular weight excluding hydrogens is 326 g/mol. The first-order valence-electron chi connectivity index (χ1n) is 8.88. The molecule has 1 fully saturated rings. The van der Waals surface area contributed by atoms with E-state index in [-0.39, 0.29) is 5.91 Å². The zero-order chi connectivity index (χ0) is 17.8. The number of aromatic amines is 1. The molecule has 2 aromatic carbocycles. The first kappa shape index (κ1) is 15.2. The van der Waals surface area contributed by atoms with Gasteiger partial charge in [0.15, 0.2) is 11.5 Å². The summed E-state index contributed by atoms with van der Waals surface area (Å²) >= 11 is 0. The second-order valence-electron chi connectivity index (χ2n) is 7.19. The van der Waals surface area contributed by atoms with Crippen molar-refractivity contribution in [2.24, 2.45) is 0 Å². The van der Waals surface area contributed by atoms with Crippen molar-refractivity contribution in [2.45, 2.75) is 32.6 Å². The maximum atomic E-state index is 12.7. The molecule has 130 valence electrons. The van der Waals surface area contributed by atoms with Gasteiger partial charge >= 0.3 is 0 Å². The van der Waals surface area contributed by atoms with E-state index in [1.54, 1.807) is 0 Å². The lowest BCUT2D eigenvalue weighted by Crippen LogP contribution is -2.12. The number of benzene rings is 2. The molecule has 0 radical (unpaired) electrons. The summed E-state index contributed by atoms with van der Waals surface area (Å²) < 4.78 is 5.77. The summed E-state index contributed by atoms with van der Waals surface area (Å²) in [5.41, 5.74) is 6.12. The Bertz CT molecular complexity index is 1160. The van der Waals surface area contributed by atoms with Crippen LogP contribution in [0, 0.1) is 13.8 Å². The number of amides is 1. The third kappa shape index (κ3) is 2.56. The van der Waals surface area contributed by atoms with Crippen LogP contribution in [-0.4, -0.2) is 15.9 Å². The molecule has 0 atom stereocenters. The third-order valence-corrected chi connectivity index (χ3v) is 4.92. The van der Waals surface area contributed by atoms with Crippen molar-refractivity contribution in [1.82, 2.24) is 9.97 Å². The number of carbonyl (C=O) groups is 1. The first-order valence-corrected chi connectivity index (χ1v) is 8.88. The minimum Gasteiger partial charge on any atom is -0.440 e. The predicted octanol–water partition coefficient (Wildman–Crippen LogP) is 5.06. The molecule has 4 aromatic rings. The molecule has 0 bridgehead atoms. The Morgan fingerprint density at radius 2 is 2.04 bits per heavy atom. The summed E-state index contributed by atoms with van der Waals surface area (Å²) in [7, 11) is 0. The smallest absolute Gasteiger partial charge is 0.272 e. The average molecular weight is 345 g/mol. The molecule has 2 heterocycles. The molecule has 5 rings (SSSR count). The summed E-state index contributed by atoms with van der Waals surface area (Å²) in [6.45, 7) is 4.11. The molecule has 1 aliphatic carbocycles. The van der Waals surface area contributed by atoms with Crippen molar-refractivity contribution < 1.29 is 9.21 Å². The van der Waals surface area contributed by atoms with E-state index in [4.69, 9.17) is 4.42 Å². The SMILES string of the molecule is Cc1cc(C)c2cc(C(=O)Nc3ccc4oc(C5CC5)nc4c3)[nH]c2c1. The van der Waals surface area contributed by atoms with E-state index in [0.29, 0.717) is 17.3 Å². The van der Waals surface area contributed by atoms with Crippen molar-refractivity contribution in [1.29, 1.82) is 0 Å². The highest BCUT2D eigenvalue weighted by atomic mass is 16.3. The Morgan fingerprint density at radius 3 is 2.85 bits per heavy atom. The number of nitrogens with zero attached hydrogens (tertiary/aromatic N) is 1. The number of aromatic nitrogens is 2.